The van der Waals surface area contributed by atoms with Crippen LogP contribution in [0.4, 0.5) is 22.7 Å². The molecule has 0 saturated carbocycles. The highest BCUT2D eigenvalue weighted by atomic mass is 16.6. The molecule has 0 aliphatic rings. The highest BCUT2D eigenvalue weighted by Crippen LogP contribution is 2.38. The van der Waals surface area contributed by atoms with Gasteiger partial charge >= 0.3 is 11.2 Å². The van der Waals surface area contributed by atoms with Gasteiger partial charge in [0.2, 0.25) is 0 Å². The molecule has 0 atom stereocenters. The molecule has 136 valence electrons. The summed E-state index contributed by atoms with van der Waals surface area (Å²) in [6.07, 6.45) is 0. The first kappa shape index (κ1) is 17.3. The van der Waals surface area contributed by atoms with E-state index in [1.54, 1.807) is 0 Å². The average Bonchev–Trinajstić information content (AvgIpc) is 2.59. The molecule has 3 rings (SSSR count). The Morgan fingerprint density at radius 1 is 0.741 bits per heavy atom. The number of hydrogen-bond acceptors (Lipinski definition) is 10. The lowest BCUT2D eigenvalue weighted by Gasteiger charge is -2.05. The molecule has 0 amide bonds. The molecule has 1 heterocycles. The summed E-state index contributed by atoms with van der Waals surface area (Å²) in [5.41, 5.74) is -4.69. The molecule has 0 unspecified atom stereocenters. The van der Waals surface area contributed by atoms with Crippen LogP contribution in [0.2, 0.25) is 0 Å². The first-order valence-corrected chi connectivity index (χ1v) is 6.74. The minimum Gasteiger partial charge on any atom is -0.594 e. The van der Waals surface area contributed by atoms with E-state index in [1.807, 2.05) is 0 Å². The molecular formula is C12H4N6O9. The zero-order chi connectivity index (χ0) is 20.0. The largest absolute Gasteiger partial charge is 0.594 e. The highest BCUT2D eigenvalue weighted by molar-refractivity contribution is 6.11. The van der Waals surface area contributed by atoms with Crippen molar-refractivity contribution in [3.8, 4) is 0 Å². The van der Waals surface area contributed by atoms with Gasteiger partial charge in [0.25, 0.3) is 17.1 Å². The molecule has 1 aromatic heterocycles. The number of nitro groups is 4. The molecule has 0 aliphatic heterocycles. The van der Waals surface area contributed by atoms with Crippen LogP contribution in [-0.4, -0.2) is 24.8 Å². The van der Waals surface area contributed by atoms with Crippen molar-refractivity contribution >= 4 is 44.6 Å². The third kappa shape index (κ3) is 2.64. The van der Waals surface area contributed by atoms with Crippen LogP contribution < -0.4 is 4.85 Å². The van der Waals surface area contributed by atoms with Crippen molar-refractivity contribution in [1.29, 1.82) is 0 Å². The Morgan fingerprint density at radius 3 is 1.78 bits per heavy atom. The van der Waals surface area contributed by atoms with Crippen LogP contribution in [0.3, 0.4) is 0 Å². The second-order valence-electron chi connectivity index (χ2n) is 5.12. The van der Waals surface area contributed by atoms with Gasteiger partial charge in [0.05, 0.1) is 36.5 Å². The molecule has 0 radical (unpaired) electrons. The average molecular weight is 376 g/mol. The Kier molecular flexibility index (Phi) is 3.68. The first-order chi connectivity index (χ1) is 12.6. The second-order valence-corrected chi connectivity index (χ2v) is 5.12. The van der Waals surface area contributed by atoms with Crippen molar-refractivity contribution in [2.75, 3.05) is 0 Å². The fourth-order valence-electron chi connectivity index (χ4n) is 2.59. The second kappa shape index (κ2) is 5.76. The van der Waals surface area contributed by atoms with Gasteiger partial charge in [-0.2, -0.15) is 0 Å². The van der Waals surface area contributed by atoms with Crippen LogP contribution in [0.25, 0.3) is 21.8 Å². The quantitative estimate of drug-likeness (QED) is 0.211. The number of non-ortho nitro benzene ring substituents is 4. The van der Waals surface area contributed by atoms with Gasteiger partial charge in [-0.1, -0.05) is 0 Å². The van der Waals surface area contributed by atoms with E-state index in [4.69, 9.17) is 0 Å². The minimum atomic E-state index is -1.07. The number of rotatable bonds is 4. The number of nitrogens with zero attached hydrogens (tertiary/aromatic N) is 6. The number of aromatic nitrogens is 2. The van der Waals surface area contributed by atoms with Crippen LogP contribution >= 0.6 is 0 Å². The first-order valence-electron chi connectivity index (χ1n) is 6.74. The van der Waals surface area contributed by atoms with E-state index in [2.05, 4.69) is 5.10 Å². The van der Waals surface area contributed by atoms with E-state index >= 15 is 0 Å². The molecule has 0 bridgehead atoms. The van der Waals surface area contributed by atoms with Crippen molar-refractivity contribution in [1.82, 2.24) is 5.10 Å². The van der Waals surface area contributed by atoms with Gasteiger partial charge in [0, 0.05) is 17.2 Å². The van der Waals surface area contributed by atoms with E-state index < -0.39 is 64.2 Å². The summed E-state index contributed by atoms with van der Waals surface area (Å²) in [5, 5.41) is 59.2. The number of nitro benzene ring substituents is 4. The van der Waals surface area contributed by atoms with Gasteiger partial charge < -0.3 is 5.21 Å². The van der Waals surface area contributed by atoms with Crippen LogP contribution in [0.1, 0.15) is 0 Å². The molecule has 3 aromatic rings. The summed E-state index contributed by atoms with van der Waals surface area (Å²) >= 11 is 0. The molecule has 2 aromatic carbocycles. The Balaban J connectivity index is 2.66. The fourth-order valence-corrected chi connectivity index (χ4v) is 2.59. The lowest BCUT2D eigenvalue weighted by atomic mass is 10.1. The summed E-state index contributed by atoms with van der Waals surface area (Å²) in [6.45, 7) is 0. The van der Waals surface area contributed by atoms with Crippen LogP contribution in [0, 0.1) is 45.7 Å². The van der Waals surface area contributed by atoms with Gasteiger partial charge in [0.15, 0.2) is 5.52 Å². The Morgan fingerprint density at radius 2 is 1.26 bits per heavy atom. The maximum atomic E-state index is 12.2. The molecule has 0 saturated heterocycles. The molecule has 0 spiro atoms. The van der Waals surface area contributed by atoms with Gasteiger partial charge in [0.1, 0.15) is 6.07 Å². The van der Waals surface area contributed by atoms with Gasteiger partial charge in [-0.05, 0) is 4.85 Å². The molecule has 27 heavy (non-hydrogen) atoms. The topological polar surface area (TPSA) is 212 Å². The van der Waals surface area contributed by atoms with Gasteiger partial charge in [-0.25, -0.2) is 0 Å². The molecule has 0 fully saturated rings. The van der Waals surface area contributed by atoms with Crippen molar-refractivity contribution in [3.05, 3.63) is 69.9 Å². The standard InChI is InChI=1S/C12H4N6O9/c19-14-12-7(1-5(15(20)21)4-10(12)18(26)27)11-8(13-14)2-6(16(22)23)3-9(11)17(24)25/h1-4H. The van der Waals surface area contributed by atoms with E-state index in [1.165, 1.54) is 0 Å². The number of fused-ring (bicyclic) bond motifs is 3. The monoisotopic (exact) mass is 376 g/mol. The maximum absolute atomic E-state index is 12.2. The van der Waals surface area contributed by atoms with Crippen molar-refractivity contribution in [2.45, 2.75) is 0 Å². The Hall–Kier alpha value is -4.56. The summed E-state index contributed by atoms with van der Waals surface area (Å²) in [6, 6.07) is 2.57. The fraction of sp³-hybridized carbons (Fsp3) is 0. The SMILES string of the molecule is O=[N+]([O-])c1cc([N+](=O)[O-])c2c(c1)n[n+]([O-])c1c([N+](=O)[O-])cc([N+](=O)[O-])cc21. The minimum absolute atomic E-state index is 0.257. The van der Waals surface area contributed by atoms with Crippen LogP contribution in [0.15, 0.2) is 24.3 Å². The summed E-state index contributed by atoms with van der Waals surface area (Å²) < 4.78 is 0. The number of benzene rings is 2. The normalized spacial score (nSPS) is 10.8. The van der Waals surface area contributed by atoms with Crippen molar-refractivity contribution < 1.29 is 24.5 Å². The van der Waals surface area contributed by atoms with E-state index in [0.29, 0.717) is 12.1 Å². The predicted molar refractivity (Wildman–Crippen MR) is 84.8 cm³/mol. The van der Waals surface area contributed by atoms with E-state index in [0.717, 1.165) is 12.1 Å². The highest BCUT2D eigenvalue weighted by Gasteiger charge is 2.32. The lowest BCUT2D eigenvalue weighted by molar-refractivity contribution is -0.642. The van der Waals surface area contributed by atoms with Crippen molar-refractivity contribution in [3.63, 3.8) is 0 Å². The summed E-state index contributed by atoms with van der Waals surface area (Å²) in [4.78, 5) is 40.3. The maximum Gasteiger partial charge on any atom is 0.351 e. The number of hydrogen-bond donors (Lipinski definition) is 0. The molecule has 0 N–H and O–H groups in total. The predicted octanol–water partition coefficient (Wildman–Crippen LogP) is 1.65. The van der Waals surface area contributed by atoms with Gasteiger partial charge in [-0.3, -0.25) is 40.5 Å². The third-order valence-corrected chi connectivity index (χ3v) is 3.63. The Labute approximate surface area is 145 Å². The van der Waals surface area contributed by atoms with Crippen LogP contribution in [0.5, 0.6) is 0 Å². The van der Waals surface area contributed by atoms with Crippen molar-refractivity contribution in [2.24, 2.45) is 0 Å². The third-order valence-electron chi connectivity index (χ3n) is 3.63. The van der Waals surface area contributed by atoms with Gasteiger partial charge in [-0.15, -0.1) is 0 Å². The van der Waals surface area contributed by atoms with Crippen LogP contribution in [-0.2, 0) is 0 Å². The zero-order valence-corrected chi connectivity index (χ0v) is 12.7. The van der Waals surface area contributed by atoms with E-state index in [-0.39, 0.29) is 4.85 Å². The summed E-state index contributed by atoms with van der Waals surface area (Å²) in [5.74, 6) is 0. The van der Waals surface area contributed by atoms with E-state index in [9.17, 15) is 45.7 Å². The molecular weight excluding hydrogens is 372 g/mol. The molecule has 15 heteroatoms. The molecule has 15 nitrogen and oxygen atoms in total. The Bertz CT molecular complexity index is 1210. The summed E-state index contributed by atoms with van der Waals surface area (Å²) in [7, 11) is 0. The smallest absolute Gasteiger partial charge is 0.351 e. The lowest BCUT2D eigenvalue weighted by Crippen LogP contribution is -2.32. The molecule has 0 aliphatic carbocycles. The zero-order valence-electron chi connectivity index (χ0n) is 12.7.